The van der Waals surface area contributed by atoms with E-state index in [1.165, 1.54) is 0 Å². The van der Waals surface area contributed by atoms with Crippen molar-refractivity contribution in [3.8, 4) is 17.1 Å². The third kappa shape index (κ3) is 4.33. The molecule has 3 aromatic rings. The van der Waals surface area contributed by atoms with Gasteiger partial charge in [0.1, 0.15) is 17.3 Å². The fraction of sp³-hybridized carbons (Fsp3) is 0.217. The summed E-state index contributed by atoms with van der Waals surface area (Å²) in [4.78, 5) is 28.1. The van der Waals surface area contributed by atoms with Crippen LogP contribution in [0.4, 0.5) is 5.69 Å². The summed E-state index contributed by atoms with van der Waals surface area (Å²) in [6.07, 6.45) is 0.210. The van der Waals surface area contributed by atoms with Gasteiger partial charge in [-0.1, -0.05) is 23.7 Å². The van der Waals surface area contributed by atoms with Gasteiger partial charge in [-0.2, -0.15) is 0 Å². The normalized spacial score (nSPS) is 13.0. The summed E-state index contributed by atoms with van der Waals surface area (Å²) in [7, 11) is 1.72. The van der Waals surface area contributed by atoms with Crippen LogP contribution in [0.1, 0.15) is 12.2 Å². The van der Waals surface area contributed by atoms with Gasteiger partial charge in [-0.15, -0.1) is 0 Å². The van der Waals surface area contributed by atoms with Crippen molar-refractivity contribution < 1.29 is 18.7 Å². The van der Waals surface area contributed by atoms with Crippen LogP contribution >= 0.6 is 11.6 Å². The lowest BCUT2D eigenvalue weighted by Crippen LogP contribution is -2.41. The summed E-state index contributed by atoms with van der Waals surface area (Å²) < 4.78 is 11.3. The Labute approximate surface area is 179 Å². The molecule has 7 heteroatoms. The lowest BCUT2D eigenvalue weighted by Gasteiger charge is -2.29. The zero-order chi connectivity index (χ0) is 21.1. The van der Waals surface area contributed by atoms with Crippen molar-refractivity contribution in [2.75, 3.05) is 25.1 Å². The molecule has 0 spiro atoms. The summed E-state index contributed by atoms with van der Waals surface area (Å²) in [6, 6.07) is 18.5. The van der Waals surface area contributed by atoms with Gasteiger partial charge in [-0.25, -0.2) is 0 Å². The quantitative estimate of drug-likeness (QED) is 0.589. The number of carbonyl (C=O) groups is 2. The molecule has 0 aliphatic carbocycles. The van der Waals surface area contributed by atoms with E-state index in [1.807, 2.05) is 48.5 Å². The number of fused-ring (bicyclic) bond motifs is 1. The van der Waals surface area contributed by atoms with Crippen molar-refractivity contribution in [2.24, 2.45) is 0 Å². The Kier molecular flexibility index (Phi) is 5.77. The molecule has 0 unspecified atom stereocenters. The number of para-hydroxylation sites is 2. The number of carbonyl (C=O) groups excluding carboxylic acids is 2. The number of halogens is 1. The van der Waals surface area contributed by atoms with Crippen molar-refractivity contribution in [3.63, 3.8) is 0 Å². The first-order valence-corrected chi connectivity index (χ1v) is 10.00. The summed E-state index contributed by atoms with van der Waals surface area (Å²) in [5.74, 6) is 1.84. The first-order valence-electron chi connectivity index (χ1n) is 9.62. The van der Waals surface area contributed by atoms with Crippen LogP contribution in [-0.4, -0.2) is 36.9 Å². The molecule has 2 heterocycles. The number of furan rings is 1. The molecule has 0 radical (unpaired) electrons. The topological polar surface area (TPSA) is 63.0 Å². The van der Waals surface area contributed by atoms with Gasteiger partial charge in [0.25, 0.3) is 5.91 Å². The second-order valence-corrected chi connectivity index (χ2v) is 7.51. The van der Waals surface area contributed by atoms with E-state index in [0.717, 1.165) is 11.3 Å². The van der Waals surface area contributed by atoms with Gasteiger partial charge in [0.2, 0.25) is 5.91 Å². The molecule has 0 bridgehead atoms. The molecule has 6 nitrogen and oxygen atoms in total. The van der Waals surface area contributed by atoms with Gasteiger partial charge >= 0.3 is 0 Å². The van der Waals surface area contributed by atoms with Crippen molar-refractivity contribution in [1.82, 2.24) is 4.90 Å². The summed E-state index contributed by atoms with van der Waals surface area (Å²) in [5, 5.41) is 0.664. The van der Waals surface area contributed by atoms with E-state index in [-0.39, 0.29) is 24.8 Å². The van der Waals surface area contributed by atoms with Gasteiger partial charge in [-0.3, -0.25) is 9.59 Å². The van der Waals surface area contributed by atoms with Crippen LogP contribution in [0.3, 0.4) is 0 Å². The highest BCUT2D eigenvalue weighted by atomic mass is 35.5. The van der Waals surface area contributed by atoms with E-state index in [1.54, 1.807) is 29.0 Å². The smallest absolute Gasteiger partial charge is 0.265 e. The number of nitrogens with zero attached hydrogens (tertiary/aromatic N) is 2. The average molecular weight is 425 g/mol. The monoisotopic (exact) mass is 424 g/mol. The highest BCUT2D eigenvalue weighted by Crippen LogP contribution is 2.31. The zero-order valence-corrected chi connectivity index (χ0v) is 17.3. The second-order valence-electron chi connectivity index (χ2n) is 7.07. The predicted octanol–water partition coefficient (Wildman–Crippen LogP) is 4.37. The standard InChI is InChI=1S/C23H21ClN2O4/c1-25(14-18-10-11-20(30-18)16-6-8-17(24)9-7-16)22(27)12-13-26-19-4-2-3-5-21(19)29-15-23(26)28/h2-11H,12-15H2,1H3. The highest BCUT2D eigenvalue weighted by Gasteiger charge is 2.26. The SMILES string of the molecule is CN(Cc1ccc(-c2ccc(Cl)cc2)o1)C(=O)CCN1C(=O)COc2ccccc21. The molecule has 2 amide bonds. The Morgan fingerprint density at radius 1 is 1.10 bits per heavy atom. The van der Waals surface area contributed by atoms with Gasteiger partial charge in [0, 0.05) is 30.6 Å². The van der Waals surface area contributed by atoms with Crippen molar-refractivity contribution in [3.05, 3.63) is 71.4 Å². The van der Waals surface area contributed by atoms with Crippen molar-refractivity contribution in [2.45, 2.75) is 13.0 Å². The number of anilines is 1. The molecule has 154 valence electrons. The van der Waals surface area contributed by atoms with E-state index in [0.29, 0.717) is 35.3 Å². The van der Waals surface area contributed by atoms with E-state index in [4.69, 9.17) is 20.8 Å². The van der Waals surface area contributed by atoms with Crippen molar-refractivity contribution in [1.29, 1.82) is 0 Å². The van der Waals surface area contributed by atoms with Crippen LogP contribution in [0.25, 0.3) is 11.3 Å². The molecule has 0 N–H and O–H groups in total. The maximum atomic E-state index is 12.6. The maximum Gasteiger partial charge on any atom is 0.265 e. The van der Waals surface area contributed by atoms with Crippen LogP contribution in [0, 0.1) is 0 Å². The molecule has 2 aromatic carbocycles. The fourth-order valence-corrected chi connectivity index (χ4v) is 3.48. The Bertz CT molecular complexity index is 1060. The molecule has 0 fully saturated rings. The molecule has 30 heavy (non-hydrogen) atoms. The van der Waals surface area contributed by atoms with Gasteiger partial charge in [0.15, 0.2) is 6.61 Å². The minimum Gasteiger partial charge on any atom is -0.482 e. The molecule has 1 aromatic heterocycles. The van der Waals surface area contributed by atoms with Crippen LogP contribution in [0.5, 0.6) is 5.75 Å². The first-order chi connectivity index (χ1) is 14.5. The van der Waals surface area contributed by atoms with E-state index in [9.17, 15) is 9.59 Å². The fourth-order valence-electron chi connectivity index (χ4n) is 3.35. The third-order valence-corrected chi connectivity index (χ3v) is 5.22. The van der Waals surface area contributed by atoms with Gasteiger partial charge in [-0.05, 0) is 48.5 Å². The van der Waals surface area contributed by atoms with Gasteiger partial charge < -0.3 is 19.0 Å². The Hall–Kier alpha value is -3.25. The van der Waals surface area contributed by atoms with Gasteiger partial charge in [0.05, 0.1) is 12.2 Å². The van der Waals surface area contributed by atoms with E-state index >= 15 is 0 Å². The molecule has 0 saturated carbocycles. The lowest BCUT2D eigenvalue weighted by molar-refractivity contribution is -0.130. The molecule has 4 rings (SSSR count). The van der Waals surface area contributed by atoms with Crippen LogP contribution in [0.2, 0.25) is 5.02 Å². The van der Waals surface area contributed by atoms with Crippen LogP contribution < -0.4 is 9.64 Å². The molecular formula is C23H21ClN2O4. The molecule has 0 atom stereocenters. The summed E-state index contributed by atoms with van der Waals surface area (Å²) >= 11 is 5.92. The minimum absolute atomic E-state index is 0.0130. The molecular weight excluding hydrogens is 404 g/mol. The zero-order valence-electron chi connectivity index (χ0n) is 16.5. The van der Waals surface area contributed by atoms with Crippen LogP contribution in [-0.2, 0) is 16.1 Å². The predicted molar refractivity (Wildman–Crippen MR) is 115 cm³/mol. The minimum atomic E-state index is -0.150. The molecule has 1 aliphatic rings. The number of amides is 2. The van der Waals surface area contributed by atoms with E-state index in [2.05, 4.69) is 0 Å². The molecule has 0 saturated heterocycles. The summed E-state index contributed by atoms with van der Waals surface area (Å²) in [6.45, 7) is 0.636. The molecule has 1 aliphatic heterocycles. The Balaban J connectivity index is 1.36. The first kappa shape index (κ1) is 20.0. The third-order valence-electron chi connectivity index (χ3n) is 4.97. The van der Waals surface area contributed by atoms with E-state index < -0.39 is 0 Å². The average Bonchev–Trinajstić information content (AvgIpc) is 3.21. The van der Waals surface area contributed by atoms with Crippen molar-refractivity contribution >= 4 is 29.1 Å². The number of rotatable bonds is 6. The highest BCUT2D eigenvalue weighted by molar-refractivity contribution is 6.30. The Morgan fingerprint density at radius 3 is 2.67 bits per heavy atom. The number of hydrogen-bond donors (Lipinski definition) is 0. The maximum absolute atomic E-state index is 12.6. The second kappa shape index (κ2) is 8.63. The lowest BCUT2D eigenvalue weighted by atomic mass is 10.2. The number of benzene rings is 2. The van der Waals surface area contributed by atoms with Crippen LogP contribution in [0.15, 0.2) is 65.1 Å². The number of ether oxygens (including phenoxy) is 1. The number of hydrogen-bond acceptors (Lipinski definition) is 4. The largest absolute Gasteiger partial charge is 0.482 e. The Morgan fingerprint density at radius 2 is 1.87 bits per heavy atom. The summed E-state index contributed by atoms with van der Waals surface area (Å²) in [5.41, 5.74) is 1.62.